The molecule has 2 heterocycles. The molecule has 0 spiro atoms. The summed E-state index contributed by atoms with van der Waals surface area (Å²) in [5, 5.41) is 3.29. The van der Waals surface area contributed by atoms with Gasteiger partial charge in [0.25, 0.3) is 5.91 Å². The van der Waals surface area contributed by atoms with E-state index in [0.29, 0.717) is 16.3 Å². The number of likely N-dealkylation sites (N-methyl/N-ethyl adjacent to an activating group) is 1. The Labute approximate surface area is 157 Å². The molecule has 0 saturated heterocycles. The predicted molar refractivity (Wildman–Crippen MR) is 105 cm³/mol. The molecule has 6 heteroatoms. The van der Waals surface area contributed by atoms with E-state index in [2.05, 4.69) is 20.2 Å². The molecule has 26 heavy (non-hydrogen) atoms. The predicted octanol–water partition coefficient (Wildman–Crippen LogP) is 4.06. The number of rotatable bonds is 6. The van der Waals surface area contributed by atoms with Gasteiger partial charge >= 0.3 is 0 Å². The lowest BCUT2D eigenvalue weighted by Gasteiger charge is -2.18. The largest absolute Gasteiger partial charge is 0.359 e. The number of carbonyl (C=O) groups is 1. The molecule has 0 bridgehead atoms. The quantitative estimate of drug-likeness (QED) is 0.714. The van der Waals surface area contributed by atoms with Gasteiger partial charge in [-0.05, 0) is 48.4 Å². The standard InChI is InChI=1S/C20H19ClN4O/c1-25(13-10-15-8-11-22-12-9-15)19-7-6-16(14-23-19)20(26)24-18-5-3-2-4-17(18)21/h2-9,11-12,14H,10,13H2,1H3,(H,24,26). The highest BCUT2D eigenvalue weighted by atomic mass is 35.5. The number of halogens is 1. The average Bonchev–Trinajstić information content (AvgIpc) is 2.69. The third-order valence-corrected chi connectivity index (χ3v) is 4.34. The number of hydrogen-bond donors (Lipinski definition) is 1. The van der Waals surface area contributed by atoms with Gasteiger partial charge in [-0.1, -0.05) is 23.7 Å². The summed E-state index contributed by atoms with van der Waals surface area (Å²) >= 11 is 6.07. The smallest absolute Gasteiger partial charge is 0.257 e. The highest BCUT2D eigenvalue weighted by Crippen LogP contribution is 2.21. The van der Waals surface area contributed by atoms with Crippen LogP contribution in [-0.4, -0.2) is 29.5 Å². The molecule has 3 aromatic rings. The van der Waals surface area contributed by atoms with Gasteiger partial charge in [-0.15, -0.1) is 0 Å². The van der Waals surface area contributed by atoms with Crippen LogP contribution in [0.3, 0.4) is 0 Å². The Balaban J connectivity index is 1.60. The van der Waals surface area contributed by atoms with E-state index in [1.807, 2.05) is 37.4 Å². The van der Waals surface area contributed by atoms with Crippen molar-refractivity contribution < 1.29 is 4.79 Å². The maximum Gasteiger partial charge on any atom is 0.257 e. The Morgan fingerprint density at radius 1 is 1.12 bits per heavy atom. The zero-order valence-corrected chi connectivity index (χ0v) is 15.1. The molecule has 0 saturated carbocycles. The van der Waals surface area contributed by atoms with Crippen LogP contribution in [0.2, 0.25) is 5.02 Å². The summed E-state index contributed by atoms with van der Waals surface area (Å²) in [5.74, 6) is 0.574. The Morgan fingerprint density at radius 3 is 2.58 bits per heavy atom. The highest BCUT2D eigenvalue weighted by molar-refractivity contribution is 6.33. The van der Waals surface area contributed by atoms with E-state index in [4.69, 9.17) is 11.6 Å². The number of pyridine rings is 2. The van der Waals surface area contributed by atoms with Gasteiger partial charge in [-0.3, -0.25) is 9.78 Å². The normalized spacial score (nSPS) is 10.4. The number of carbonyl (C=O) groups excluding carboxylic acids is 1. The second-order valence-electron chi connectivity index (χ2n) is 5.87. The van der Waals surface area contributed by atoms with Crippen LogP contribution in [0.1, 0.15) is 15.9 Å². The van der Waals surface area contributed by atoms with Gasteiger partial charge in [0.15, 0.2) is 0 Å². The Hall–Kier alpha value is -2.92. The van der Waals surface area contributed by atoms with Crippen molar-refractivity contribution >= 4 is 29.0 Å². The summed E-state index contributed by atoms with van der Waals surface area (Å²) in [6, 6.07) is 14.7. The number of para-hydroxylation sites is 1. The van der Waals surface area contributed by atoms with Crippen molar-refractivity contribution in [3.63, 3.8) is 0 Å². The van der Waals surface area contributed by atoms with Gasteiger partial charge in [-0.25, -0.2) is 4.98 Å². The summed E-state index contributed by atoms with van der Waals surface area (Å²) < 4.78 is 0. The van der Waals surface area contributed by atoms with Gasteiger partial charge in [0.05, 0.1) is 16.3 Å². The zero-order valence-electron chi connectivity index (χ0n) is 14.4. The SMILES string of the molecule is CN(CCc1ccncc1)c1ccc(C(=O)Nc2ccccc2Cl)cn1. The van der Waals surface area contributed by atoms with Crippen LogP contribution in [-0.2, 0) is 6.42 Å². The number of benzene rings is 1. The van der Waals surface area contributed by atoms with Crippen LogP contribution in [0, 0.1) is 0 Å². The van der Waals surface area contributed by atoms with Gasteiger partial charge in [-0.2, -0.15) is 0 Å². The van der Waals surface area contributed by atoms with Crippen LogP contribution in [0.25, 0.3) is 0 Å². The van der Waals surface area contributed by atoms with Gasteiger partial charge in [0.1, 0.15) is 5.82 Å². The van der Waals surface area contributed by atoms with Crippen molar-refractivity contribution in [2.24, 2.45) is 0 Å². The van der Waals surface area contributed by atoms with E-state index in [1.165, 1.54) is 5.56 Å². The lowest BCUT2D eigenvalue weighted by atomic mass is 10.2. The van der Waals surface area contributed by atoms with Crippen LogP contribution >= 0.6 is 11.6 Å². The average molecular weight is 367 g/mol. The van der Waals surface area contributed by atoms with E-state index in [0.717, 1.165) is 18.8 Å². The van der Waals surface area contributed by atoms with Crippen molar-refractivity contribution in [2.45, 2.75) is 6.42 Å². The Bertz CT molecular complexity index is 868. The van der Waals surface area contributed by atoms with E-state index in [1.54, 1.807) is 36.8 Å². The third kappa shape index (κ3) is 4.58. The molecule has 0 radical (unpaired) electrons. The van der Waals surface area contributed by atoms with Crippen LogP contribution in [0.4, 0.5) is 11.5 Å². The number of anilines is 2. The van der Waals surface area contributed by atoms with Crippen molar-refractivity contribution in [2.75, 3.05) is 23.8 Å². The molecule has 0 fully saturated rings. The fourth-order valence-electron chi connectivity index (χ4n) is 2.46. The molecule has 3 rings (SSSR count). The number of nitrogens with zero attached hydrogens (tertiary/aromatic N) is 3. The van der Waals surface area contributed by atoms with Crippen molar-refractivity contribution in [3.05, 3.63) is 83.3 Å². The molecule has 0 aliphatic heterocycles. The molecular formula is C20H19ClN4O. The summed E-state index contributed by atoms with van der Waals surface area (Å²) in [7, 11) is 1.98. The van der Waals surface area contributed by atoms with Crippen molar-refractivity contribution in [3.8, 4) is 0 Å². The van der Waals surface area contributed by atoms with Gasteiger partial charge in [0.2, 0.25) is 0 Å². The number of aromatic nitrogens is 2. The van der Waals surface area contributed by atoms with Crippen LogP contribution in [0.15, 0.2) is 67.1 Å². The maximum atomic E-state index is 12.3. The number of nitrogens with one attached hydrogen (secondary N) is 1. The van der Waals surface area contributed by atoms with E-state index in [9.17, 15) is 4.79 Å². The first-order valence-electron chi connectivity index (χ1n) is 8.25. The number of amides is 1. The first-order valence-corrected chi connectivity index (χ1v) is 8.63. The van der Waals surface area contributed by atoms with E-state index < -0.39 is 0 Å². The Morgan fingerprint density at radius 2 is 1.88 bits per heavy atom. The highest BCUT2D eigenvalue weighted by Gasteiger charge is 2.10. The minimum Gasteiger partial charge on any atom is -0.359 e. The summed E-state index contributed by atoms with van der Waals surface area (Å²) in [6.45, 7) is 0.822. The molecule has 1 aromatic carbocycles. The second kappa shape index (κ2) is 8.45. The van der Waals surface area contributed by atoms with Gasteiger partial charge in [0, 0.05) is 32.2 Å². The van der Waals surface area contributed by atoms with Crippen molar-refractivity contribution in [1.82, 2.24) is 9.97 Å². The fourth-order valence-corrected chi connectivity index (χ4v) is 2.65. The molecule has 5 nitrogen and oxygen atoms in total. The van der Waals surface area contributed by atoms with Crippen LogP contribution in [0.5, 0.6) is 0 Å². The third-order valence-electron chi connectivity index (χ3n) is 4.01. The molecule has 2 aromatic heterocycles. The first-order chi connectivity index (χ1) is 12.6. The monoisotopic (exact) mass is 366 g/mol. The molecule has 0 aliphatic carbocycles. The molecule has 0 aliphatic rings. The molecule has 0 atom stereocenters. The number of hydrogen-bond acceptors (Lipinski definition) is 4. The molecule has 0 unspecified atom stereocenters. The van der Waals surface area contributed by atoms with Crippen LogP contribution < -0.4 is 10.2 Å². The Kier molecular flexibility index (Phi) is 5.81. The second-order valence-corrected chi connectivity index (χ2v) is 6.27. The minimum absolute atomic E-state index is 0.239. The molecule has 1 N–H and O–H groups in total. The van der Waals surface area contributed by atoms with E-state index >= 15 is 0 Å². The lowest BCUT2D eigenvalue weighted by molar-refractivity contribution is 0.102. The molecule has 1 amide bonds. The summed E-state index contributed by atoms with van der Waals surface area (Å²) in [6.07, 6.45) is 6.06. The van der Waals surface area contributed by atoms with Gasteiger partial charge < -0.3 is 10.2 Å². The zero-order chi connectivity index (χ0) is 18.4. The molecule has 132 valence electrons. The maximum absolute atomic E-state index is 12.3. The van der Waals surface area contributed by atoms with E-state index in [-0.39, 0.29) is 5.91 Å². The topological polar surface area (TPSA) is 58.1 Å². The molecular weight excluding hydrogens is 348 g/mol. The fraction of sp³-hybridized carbons (Fsp3) is 0.150. The van der Waals surface area contributed by atoms with Crippen molar-refractivity contribution in [1.29, 1.82) is 0 Å². The lowest BCUT2D eigenvalue weighted by Crippen LogP contribution is -2.21. The summed E-state index contributed by atoms with van der Waals surface area (Å²) in [5.41, 5.74) is 2.29. The first kappa shape index (κ1) is 17.9. The summed E-state index contributed by atoms with van der Waals surface area (Å²) in [4.78, 5) is 22.8. The minimum atomic E-state index is -0.239.